The Labute approximate surface area is 144 Å². The third-order valence-corrected chi connectivity index (χ3v) is 8.57. The Morgan fingerprint density at radius 1 is 1.05 bits per heavy atom. The van der Waals surface area contributed by atoms with Crippen LogP contribution in [0.25, 0.3) is 11.4 Å². The van der Waals surface area contributed by atoms with E-state index in [0.717, 1.165) is 11.4 Å². The van der Waals surface area contributed by atoms with Gasteiger partial charge in [0.15, 0.2) is 0 Å². The molecule has 2 aromatic heterocycles. The molecule has 0 aromatic carbocycles. The van der Waals surface area contributed by atoms with Crippen molar-refractivity contribution in [2.24, 2.45) is 0 Å². The second-order valence-corrected chi connectivity index (χ2v) is 25.9. The molecule has 0 atom stereocenters. The van der Waals surface area contributed by atoms with Crippen molar-refractivity contribution in [2.45, 2.75) is 10.9 Å². The summed E-state index contributed by atoms with van der Waals surface area (Å²) in [5.74, 6) is -0.317. The van der Waals surface area contributed by atoms with Crippen LogP contribution in [-0.4, -0.2) is 38.0 Å². The van der Waals surface area contributed by atoms with Crippen LogP contribution in [0.15, 0.2) is 48.8 Å². The van der Waals surface area contributed by atoms with Gasteiger partial charge in [0.1, 0.15) is 0 Å². The number of carbonyl (C=O) groups excluding carboxylic acids is 1. The minimum Gasteiger partial charge on any atom is -0.255 e. The van der Waals surface area contributed by atoms with Crippen LogP contribution in [0.5, 0.6) is 0 Å². The molecular formula is C14H15Cl3N2O2Sn. The summed E-state index contributed by atoms with van der Waals surface area (Å²) >= 11 is -3.27. The molecule has 0 aliphatic rings. The molecule has 22 heavy (non-hydrogen) atoms. The zero-order valence-corrected chi connectivity index (χ0v) is 17.0. The van der Waals surface area contributed by atoms with Crippen LogP contribution in [0.3, 0.4) is 0 Å². The average molecular weight is 468 g/mol. The van der Waals surface area contributed by atoms with Gasteiger partial charge in [0.2, 0.25) is 0 Å². The molecule has 0 saturated heterocycles. The molecule has 0 spiro atoms. The fourth-order valence-electron chi connectivity index (χ4n) is 1.37. The van der Waals surface area contributed by atoms with Crippen molar-refractivity contribution in [1.82, 2.24) is 9.97 Å². The molecule has 0 bridgehead atoms. The Hall–Kier alpha value is -0.561. The van der Waals surface area contributed by atoms with Crippen molar-refractivity contribution in [1.29, 1.82) is 0 Å². The van der Waals surface area contributed by atoms with Crippen molar-refractivity contribution < 1.29 is 9.53 Å². The number of esters is 1. The van der Waals surface area contributed by atoms with Gasteiger partial charge in [-0.05, 0) is 24.3 Å². The van der Waals surface area contributed by atoms with Gasteiger partial charge in [-0.3, -0.25) is 9.97 Å². The summed E-state index contributed by atoms with van der Waals surface area (Å²) in [4.78, 5) is 18.9. The summed E-state index contributed by atoms with van der Waals surface area (Å²) in [6.07, 6.45) is 3.76. The van der Waals surface area contributed by atoms with Crippen LogP contribution in [-0.2, 0) is 9.53 Å². The predicted molar refractivity (Wildman–Crippen MR) is 92.2 cm³/mol. The normalized spacial score (nSPS) is 10.4. The molecule has 0 radical (unpaired) electrons. The van der Waals surface area contributed by atoms with E-state index in [1.807, 2.05) is 36.4 Å². The molecule has 2 heterocycles. The van der Waals surface area contributed by atoms with Gasteiger partial charge in [0, 0.05) is 12.4 Å². The molecule has 0 amide bonds. The van der Waals surface area contributed by atoms with Crippen LogP contribution in [0.1, 0.15) is 6.42 Å². The van der Waals surface area contributed by atoms with Crippen LogP contribution in [0.2, 0.25) is 4.44 Å². The fourth-order valence-corrected chi connectivity index (χ4v) is 4.67. The van der Waals surface area contributed by atoms with Crippen LogP contribution < -0.4 is 0 Å². The second-order valence-electron chi connectivity index (χ2n) is 4.12. The first kappa shape index (κ1) is 19.5. The molecule has 0 aliphatic heterocycles. The zero-order valence-electron chi connectivity index (χ0n) is 11.9. The van der Waals surface area contributed by atoms with Crippen LogP contribution in [0, 0.1) is 0 Å². The van der Waals surface area contributed by atoms with Gasteiger partial charge in [0.05, 0.1) is 11.4 Å². The number of nitrogens with zero attached hydrogens (tertiary/aromatic N) is 2. The number of hydrogen-bond acceptors (Lipinski definition) is 4. The van der Waals surface area contributed by atoms with Crippen LogP contribution >= 0.6 is 26.8 Å². The molecule has 0 N–H and O–H groups in total. The smallest absolute Gasteiger partial charge is 0.0886 e. The minimum atomic E-state index is -3.27. The largest absolute Gasteiger partial charge is 0.255 e. The van der Waals surface area contributed by atoms with Gasteiger partial charge in [-0.25, -0.2) is 0 Å². The quantitative estimate of drug-likeness (QED) is 0.495. The Balaban J connectivity index is 0.000000225. The Bertz CT molecular complexity index is 528. The molecule has 0 fully saturated rings. The third kappa shape index (κ3) is 8.78. The first-order valence-electron chi connectivity index (χ1n) is 6.38. The first-order chi connectivity index (χ1) is 10.4. The van der Waals surface area contributed by atoms with E-state index in [4.69, 9.17) is 26.8 Å². The molecule has 2 aromatic rings. The van der Waals surface area contributed by atoms with E-state index >= 15 is 0 Å². The van der Waals surface area contributed by atoms with E-state index in [9.17, 15) is 4.79 Å². The summed E-state index contributed by atoms with van der Waals surface area (Å²) in [5, 5.41) is 0. The number of methoxy groups -OCH3 is 1. The first-order valence-corrected chi connectivity index (χ1v) is 19.2. The Morgan fingerprint density at radius 3 is 1.86 bits per heavy atom. The molecule has 0 aliphatic carbocycles. The zero-order chi connectivity index (χ0) is 16.4. The maximum atomic E-state index is 10.5. The minimum absolute atomic E-state index is 0.225. The number of hydrogen-bond donors (Lipinski definition) is 0. The third-order valence-electron chi connectivity index (χ3n) is 2.43. The molecule has 0 unspecified atom stereocenters. The average Bonchev–Trinajstić information content (AvgIpc) is 2.54. The maximum Gasteiger partial charge on any atom is 0.0886 e. The van der Waals surface area contributed by atoms with Crippen molar-refractivity contribution in [3.05, 3.63) is 48.8 Å². The van der Waals surface area contributed by atoms with Crippen molar-refractivity contribution >= 4 is 47.7 Å². The SMILES string of the molecule is COC(=O)C[CH2][Sn]([Cl])([Cl])[Cl].c1ccc(-c2ccccn2)nc1. The van der Waals surface area contributed by atoms with Gasteiger partial charge in [0.25, 0.3) is 0 Å². The summed E-state index contributed by atoms with van der Waals surface area (Å²) in [7, 11) is 18.0. The molecule has 4 nitrogen and oxygen atoms in total. The van der Waals surface area contributed by atoms with Crippen LogP contribution in [0.4, 0.5) is 0 Å². The summed E-state index contributed by atoms with van der Waals surface area (Å²) in [6.45, 7) is 0. The van der Waals surface area contributed by atoms with Crippen molar-refractivity contribution in [3.8, 4) is 11.4 Å². The van der Waals surface area contributed by atoms with Gasteiger partial charge in [-0.1, -0.05) is 12.1 Å². The molecular weight excluding hydrogens is 453 g/mol. The Morgan fingerprint density at radius 2 is 1.55 bits per heavy atom. The number of ether oxygens (including phenoxy) is 1. The predicted octanol–water partition coefficient (Wildman–Crippen LogP) is 4.35. The number of aromatic nitrogens is 2. The van der Waals surface area contributed by atoms with E-state index in [-0.39, 0.29) is 12.4 Å². The fraction of sp³-hybridized carbons (Fsp3) is 0.214. The van der Waals surface area contributed by atoms with Crippen molar-refractivity contribution in [3.63, 3.8) is 0 Å². The molecule has 2 rings (SSSR count). The van der Waals surface area contributed by atoms with E-state index in [1.54, 1.807) is 12.4 Å². The van der Waals surface area contributed by atoms with Gasteiger partial charge in [-0.15, -0.1) is 0 Å². The van der Waals surface area contributed by atoms with Crippen molar-refractivity contribution in [2.75, 3.05) is 7.11 Å². The second kappa shape index (κ2) is 10.3. The van der Waals surface area contributed by atoms with E-state index in [0.29, 0.717) is 4.44 Å². The van der Waals surface area contributed by atoms with E-state index < -0.39 is 15.0 Å². The Kier molecular flexibility index (Phi) is 9.09. The maximum absolute atomic E-state index is 10.5. The number of rotatable bonds is 4. The number of pyridine rings is 2. The summed E-state index contributed by atoms with van der Waals surface area (Å²) in [5.41, 5.74) is 1.83. The summed E-state index contributed by atoms with van der Waals surface area (Å²) in [6, 6.07) is 11.6. The number of carbonyl (C=O) groups is 1. The number of halogens is 3. The molecule has 118 valence electrons. The van der Waals surface area contributed by atoms with E-state index in [1.165, 1.54) is 7.11 Å². The topological polar surface area (TPSA) is 52.1 Å². The van der Waals surface area contributed by atoms with E-state index in [2.05, 4.69) is 14.7 Å². The monoisotopic (exact) mass is 468 g/mol. The summed E-state index contributed by atoms with van der Waals surface area (Å²) < 4.78 is 4.76. The molecule has 0 saturated carbocycles. The standard InChI is InChI=1S/C10H8N2.C4H7O2.3ClH.Sn/c1-3-7-11-9(5-1)10-6-2-4-8-12-10;1-3-4(5)6-2;;;;/h1-8H;1,3H2,2H3;3*1H;/q;;;;;+3/p-3. The van der Waals surface area contributed by atoms with Gasteiger partial charge < -0.3 is 0 Å². The van der Waals surface area contributed by atoms with Gasteiger partial charge in [-0.2, -0.15) is 0 Å². The molecule has 8 heteroatoms. The van der Waals surface area contributed by atoms with Gasteiger partial charge >= 0.3 is 75.2 Å².